The summed E-state index contributed by atoms with van der Waals surface area (Å²) in [4.78, 5) is 58.5. The van der Waals surface area contributed by atoms with E-state index >= 15 is 0 Å². The van der Waals surface area contributed by atoms with E-state index in [1.807, 2.05) is 0 Å². The van der Waals surface area contributed by atoms with E-state index in [9.17, 15) is 34.2 Å². The third kappa shape index (κ3) is 9.39. The largest absolute Gasteiger partial charge is 0.481 e. The van der Waals surface area contributed by atoms with Gasteiger partial charge in [-0.15, -0.1) is 0 Å². The maximum absolute atomic E-state index is 12.4. The van der Waals surface area contributed by atoms with E-state index in [2.05, 4.69) is 28.6 Å². The lowest BCUT2D eigenvalue weighted by Gasteiger charge is -2.26. The van der Waals surface area contributed by atoms with Crippen molar-refractivity contribution in [1.29, 1.82) is 0 Å². The molecule has 0 heterocycles. The van der Waals surface area contributed by atoms with E-state index in [1.54, 1.807) is 0 Å². The number of carboxylic acid groups (broad SMARTS) is 2. The number of carboxylic acids is 2. The van der Waals surface area contributed by atoms with Crippen LogP contribution in [0, 0.1) is 0 Å². The number of carbonyl (C=O) groups is 5. The molecule has 172 valence electrons. The minimum Gasteiger partial charge on any atom is -0.481 e. The smallest absolute Gasteiger partial charge is 0.326 e. The molecule has 0 fully saturated rings. The van der Waals surface area contributed by atoms with Gasteiger partial charge < -0.3 is 42.1 Å². The van der Waals surface area contributed by atoms with Gasteiger partial charge in [0.2, 0.25) is 17.7 Å². The molecule has 6 unspecified atom stereocenters. The molecule has 30 heavy (non-hydrogen) atoms. The molecule has 0 aliphatic carbocycles. The van der Waals surface area contributed by atoms with Gasteiger partial charge in [-0.25, -0.2) is 4.79 Å². The third-order valence-electron chi connectivity index (χ3n) is 3.96. The number of nitrogens with two attached hydrogens (primary N) is 1. The van der Waals surface area contributed by atoms with Gasteiger partial charge in [-0.2, -0.15) is 12.6 Å². The van der Waals surface area contributed by atoms with E-state index in [-0.39, 0.29) is 12.2 Å². The Morgan fingerprint density at radius 1 is 0.867 bits per heavy atom. The number of hydrogen-bond acceptors (Lipinski definition) is 9. The Morgan fingerprint density at radius 2 is 1.40 bits per heavy atom. The van der Waals surface area contributed by atoms with Crippen molar-refractivity contribution in [3.8, 4) is 0 Å². The number of aliphatic hydroxyl groups excluding tert-OH is 2. The molecule has 0 saturated heterocycles. The van der Waals surface area contributed by atoms with Crippen LogP contribution < -0.4 is 21.7 Å². The van der Waals surface area contributed by atoms with Gasteiger partial charge in [-0.3, -0.25) is 19.2 Å². The van der Waals surface area contributed by atoms with Gasteiger partial charge in [0.25, 0.3) is 0 Å². The Kier molecular flexibility index (Phi) is 11.9. The first kappa shape index (κ1) is 27.6. The molecular weight excluding hydrogens is 424 g/mol. The van der Waals surface area contributed by atoms with Crippen molar-refractivity contribution in [3.05, 3.63) is 0 Å². The molecule has 6 atom stereocenters. The lowest BCUT2D eigenvalue weighted by molar-refractivity contribution is -0.143. The van der Waals surface area contributed by atoms with Crippen LogP contribution in [0.15, 0.2) is 0 Å². The molecule has 0 saturated carbocycles. The summed E-state index contributed by atoms with van der Waals surface area (Å²) in [6.45, 7) is 2.45. The highest BCUT2D eigenvalue weighted by molar-refractivity contribution is 7.80. The Morgan fingerprint density at radius 3 is 1.80 bits per heavy atom. The molecule has 0 aliphatic rings. The zero-order valence-corrected chi connectivity index (χ0v) is 17.3. The quantitative estimate of drug-likeness (QED) is 0.125. The van der Waals surface area contributed by atoms with Crippen molar-refractivity contribution < 1.29 is 44.4 Å². The van der Waals surface area contributed by atoms with Crippen LogP contribution in [-0.4, -0.2) is 92.2 Å². The molecule has 9 N–H and O–H groups in total. The summed E-state index contributed by atoms with van der Waals surface area (Å²) in [6, 6.07) is -5.76. The average Bonchev–Trinajstić information content (AvgIpc) is 2.65. The van der Waals surface area contributed by atoms with Crippen molar-refractivity contribution in [3.63, 3.8) is 0 Å². The molecule has 0 radical (unpaired) electrons. The SMILES string of the molecule is CC(O)C(N)C(=O)NC(C(=O)NC(CS)C(=O)NC(CCC(=O)O)C(=O)O)C(C)O. The molecule has 0 aromatic carbocycles. The van der Waals surface area contributed by atoms with Gasteiger partial charge in [0.15, 0.2) is 0 Å². The molecule has 0 aliphatic heterocycles. The van der Waals surface area contributed by atoms with Crippen LogP contribution in [0.2, 0.25) is 0 Å². The fourth-order valence-electron chi connectivity index (χ4n) is 2.13. The average molecular weight is 452 g/mol. The van der Waals surface area contributed by atoms with Gasteiger partial charge in [0.1, 0.15) is 24.2 Å². The van der Waals surface area contributed by atoms with Crippen LogP contribution in [0.5, 0.6) is 0 Å². The van der Waals surface area contributed by atoms with E-state index < -0.39 is 72.5 Å². The van der Waals surface area contributed by atoms with Crippen molar-refractivity contribution in [2.45, 2.75) is 63.1 Å². The van der Waals surface area contributed by atoms with Crippen LogP contribution >= 0.6 is 12.6 Å². The Balaban J connectivity index is 5.17. The predicted octanol–water partition coefficient (Wildman–Crippen LogP) is -3.59. The predicted molar refractivity (Wildman–Crippen MR) is 105 cm³/mol. The van der Waals surface area contributed by atoms with Crippen LogP contribution in [-0.2, 0) is 24.0 Å². The van der Waals surface area contributed by atoms with Gasteiger partial charge in [0.05, 0.1) is 12.2 Å². The number of nitrogens with one attached hydrogen (secondary N) is 3. The summed E-state index contributed by atoms with van der Waals surface area (Å²) in [6.07, 6.45) is -3.51. The van der Waals surface area contributed by atoms with Gasteiger partial charge >= 0.3 is 11.9 Å². The summed E-state index contributed by atoms with van der Waals surface area (Å²) >= 11 is 3.92. The van der Waals surface area contributed by atoms with Crippen molar-refractivity contribution in [2.75, 3.05) is 5.75 Å². The van der Waals surface area contributed by atoms with Gasteiger partial charge in [-0.05, 0) is 20.3 Å². The first-order chi connectivity index (χ1) is 13.8. The highest BCUT2D eigenvalue weighted by Gasteiger charge is 2.32. The highest BCUT2D eigenvalue weighted by Crippen LogP contribution is 2.02. The first-order valence-electron chi connectivity index (χ1n) is 8.90. The maximum Gasteiger partial charge on any atom is 0.326 e. The number of thiol groups is 1. The second kappa shape index (κ2) is 13.0. The van der Waals surface area contributed by atoms with Crippen LogP contribution in [0.25, 0.3) is 0 Å². The van der Waals surface area contributed by atoms with E-state index in [1.165, 1.54) is 13.8 Å². The molecule has 0 spiro atoms. The van der Waals surface area contributed by atoms with Crippen molar-refractivity contribution in [1.82, 2.24) is 16.0 Å². The molecule has 0 bridgehead atoms. The summed E-state index contributed by atoms with van der Waals surface area (Å²) in [7, 11) is 0. The topological polar surface area (TPSA) is 228 Å². The Bertz CT molecular complexity index is 644. The zero-order valence-electron chi connectivity index (χ0n) is 16.4. The molecular formula is C16H28N4O9S. The molecule has 0 aromatic heterocycles. The monoisotopic (exact) mass is 452 g/mol. The summed E-state index contributed by atoms with van der Waals surface area (Å²) in [5, 5.41) is 43.4. The number of carbonyl (C=O) groups excluding carboxylic acids is 3. The van der Waals surface area contributed by atoms with E-state index in [4.69, 9.17) is 15.9 Å². The number of rotatable bonds is 13. The van der Waals surface area contributed by atoms with Crippen LogP contribution in [0.1, 0.15) is 26.7 Å². The van der Waals surface area contributed by atoms with E-state index in [0.29, 0.717) is 0 Å². The van der Waals surface area contributed by atoms with Crippen molar-refractivity contribution in [2.24, 2.45) is 5.73 Å². The molecule has 13 nitrogen and oxygen atoms in total. The maximum atomic E-state index is 12.4. The standard InChI is InChI=1S/C16H28N4O9S/c1-6(21)11(17)14(26)20-12(7(2)22)15(27)19-9(5-30)13(25)18-8(16(28)29)3-4-10(23)24/h6-9,11-12,21-22,30H,3-5,17H2,1-2H3,(H,18,25)(H,19,27)(H,20,26)(H,23,24)(H,28,29). The number of hydrogen-bond donors (Lipinski definition) is 9. The first-order valence-corrected chi connectivity index (χ1v) is 9.53. The van der Waals surface area contributed by atoms with Gasteiger partial charge in [0, 0.05) is 12.2 Å². The lowest BCUT2D eigenvalue weighted by atomic mass is 10.1. The third-order valence-corrected chi connectivity index (χ3v) is 4.33. The minimum atomic E-state index is -1.53. The lowest BCUT2D eigenvalue weighted by Crippen LogP contribution is -2.61. The van der Waals surface area contributed by atoms with Crippen molar-refractivity contribution >= 4 is 42.3 Å². The highest BCUT2D eigenvalue weighted by atomic mass is 32.1. The Labute approximate surface area is 177 Å². The molecule has 14 heteroatoms. The second-order valence-corrected chi connectivity index (χ2v) is 6.93. The summed E-state index contributed by atoms with van der Waals surface area (Å²) in [5.41, 5.74) is 5.47. The fourth-order valence-corrected chi connectivity index (χ4v) is 2.38. The summed E-state index contributed by atoms with van der Waals surface area (Å²) < 4.78 is 0. The number of amides is 3. The Hall–Kier alpha value is -2.42. The number of aliphatic carboxylic acids is 2. The molecule has 0 aromatic rings. The second-order valence-electron chi connectivity index (χ2n) is 6.57. The summed E-state index contributed by atoms with van der Waals surface area (Å²) in [5.74, 6) is -5.83. The minimum absolute atomic E-state index is 0.267. The number of aliphatic hydroxyl groups is 2. The molecule has 3 amide bonds. The van der Waals surface area contributed by atoms with Crippen LogP contribution in [0.4, 0.5) is 0 Å². The van der Waals surface area contributed by atoms with E-state index in [0.717, 1.165) is 0 Å². The normalized spacial score (nSPS) is 16.9. The molecule has 0 rings (SSSR count). The zero-order chi connectivity index (χ0) is 23.6. The van der Waals surface area contributed by atoms with Gasteiger partial charge in [-0.1, -0.05) is 0 Å². The fraction of sp³-hybridized carbons (Fsp3) is 0.688. The van der Waals surface area contributed by atoms with Crippen LogP contribution in [0.3, 0.4) is 0 Å².